The van der Waals surface area contributed by atoms with Crippen molar-refractivity contribution in [2.75, 3.05) is 26.2 Å². The average molecular weight is 377 g/mol. The van der Waals surface area contributed by atoms with Crippen molar-refractivity contribution in [1.29, 1.82) is 0 Å². The molecular weight excluding hydrogens is 348 g/mol. The zero-order valence-electron chi connectivity index (χ0n) is 16.7. The quantitative estimate of drug-likeness (QED) is 0.793. The predicted molar refractivity (Wildman–Crippen MR) is 109 cm³/mol. The number of ether oxygens (including phenoxy) is 1. The van der Waals surface area contributed by atoms with E-state index < -0.39 is 0 Å². The standard InChI is InChI=1S/C24H28N2O2/c1-3-24-16-25-14-23(2,22(24)27)15-26(17-24)21(25)19-9-11-20(12-10-19)28-13-18-7-5-4-6-8-18/h4-12,21H,3,13-17H2,1-2H3. The van der Waals surface area contributed by atoms with E-state index >= 15 is 0 Å². The first-order valence-corrected chi connectivity index (χ1v) is 10.3. The van der Waals surface area contributed by atoms with E-state index in [0.29, 0.717) is 12.4 Å². The van der Waals surface area contributed by atoms with E-state index in [1.807, 2.05) is 18.2 Å². The van der Waals surface area contributed by atoms with Crippen LogP contribution in [0.15, 0.2) is 54.6 Å². The summed E-state index contributed by atoms with van der Waals surface area (Å²) in [5, 5.41) is 0. The van der Waals surface area contributed by atoms with Crippen molar-refractivity contribution < 1.29 is 9.53 Å². The second kappa shape index (κ2) is 6.43. The van der Waals surface area contributed by atoms with Crippen LogP contribution in [0.3, 0.4) is 0 Å². The third-order valence-electron chi connectivity index (χ3n) is 6.94. The summed E-state index contributed by atoms with van der Waals surface area (Å²) in [7, 11) is 0. The Labute approximate surface area is 167 Å². The van der Waals surface area contributed by atoms with Gasteiger partial charge in [0.05, 0.1) is 17.0 Å². The van der Waals surface area contributed by atoms with Gasteiger partial charge in [-0.15, -0.1) is 0 Å². The maximum absolute atomic E-state index is 13.1. The molecule has 4 aliphatic rings. The number of Topliss-reactive ketones (excluding diaryl/α,β-unsaturated/α-hetero) is 1. The van der Waals surface area contributed by atoms with Gasteiger partial charge in [0.2, 0.25) is 0 Å². The number of nitrogens with zero attached hydrogens (tertiary/aromatic N) is 2. The van der Waals surface area contributed by atoms with Gasteiger partial charge in [-0.25, -0.2) is 0 Å². The zero-order valence-corrected chi connectivity index (χ0v) is 16.7. The van der Waals surface area contributed by atoms with Crippen molar-refractivity contribution in [3.63, 3.8) is 0 Å². The molecule has 0 radical (unpaired) electrons. The van der Waals surface area contributed by atoms with Crippen molar-refractivity contribution in [3.8, 4) is 5.75 Å². The molecule has 0 aromatic heterocycles. The molecule has 6 rings (SSSR count). The molecule has 4 heterocycles. The number of carbonyl (C=O) groups is 1. The third-order valence-corrected chi connectivity index (χ3v) is 6.94. The lowest BCUT2D eigenvalue weighted by Gasteiger charge is -2.65. The Kier molecular flexibility index (Phi) is 4.11. The summed E-state index contributed by atoms with van der Waals surface area (Å²) in [5.41, 5.74) is 2.10. The SMILES string of the molecule is CCC12CN3CC(C)(CN(C1)C3c1ccc(OCc3ccccc3)cc1)C2=O. The molecule has 4 nitrogen and oxygen atoms in total. The van der Waals surface area contributed by atoms with E-state index in [1.54, 1.807) is 0 Å². The summed E-state index contributed by atoms with van der Waals surface area (Å²) in [4.78, 5) is 18.1. The monoisotopic (exact) mass is 376 g/mol. The van der Waals surface area contributed by atoms with Gasteiger partial charge in [-0.05, 0) is 29.7 Å². The molecule has 4 saturated heterocycles. The van der Waals surface area contributed by atoms with E-state index in [-0.39, 0.29) is 17.0 Å². The van der Waals surface area contributed by atoms with E-state index in [9.17, 15) is 4.79 Å². The highest BCUT2D eigenvalue weighted by molar-refractivity contribution is 5.93. The molecule has 0 spiro atoms. The van der Waals surface area contributed by atoms with E-state index in [4.69, 9.17) is 4.74 Å². The lowest BCUT2D eigenvalue weighted by Crippen LogP contribution is -2.75. The molecule has 0 saturated carbocycles. The van der Waals surface area contributed by atoms with Gasteiger partial charge in [0.1, 0.15) is 18.1 Å². The number of piperidine rings is 2. The number of ketones is 1. The van der Waals surface area contributed by atoms with Crippen molar-refractivity contribution in [1.82, 2.24) is 9.80 Å². The number of benzene rings is 2. The van der Waals surface area contributed by atoms with Crippen LogP contribution in [0.4, 0.5) is 0 Å². The highest BCUT2D eigenvalue weighted by Gasteiger charge is 2.63. The Morgan fingerprint density at radius 1 is 0.964 bits per heavy atom. The topological polar surface area (TPSA) is 32.8 Å². The fraction of sp³-hybridized carbons (Fsp3) is 0.458. The number of carbonyl (C=O) groups excluding carboxylic acids is 1. The minimum Gasteiger partial charge on any atom is -0.489 e. The summed E-state index contributed by atoms with van der Waals surface area (Å²) >= 11 is 0. The Morgan fingerprint density at radius 3 is 2.21 bits per heavy atom. The van der Waals surface area contributed by atoms with Gasteiger partial charge in [-0.3, -0.25) is 14.6 Å². The Morgan fingerprint density at radius 2 is 1.61 bits per heavy atom. The van der Waals surface area contributed by atoms with Crippen LogP contribution in [0, 0.1) is 10.8 Å². The van der Waals surface area contributed by atoms with Gasteiger partial charge < -0.3 is 4.74 Å². The predicted octanol–water partition coefficient (Wildman–Crippen LogP) is 3.88. The average Bonchev–Trinajstić information content (AvgIpc) is 2.71. The largest absolute Gasteiger partial charge is 0.489 e. The smallest absolute Gasteiger partial charge is 0.150 e. The highest BCUT2D eigenvalue weighted by atomic mass is 16.5. The maximum Gasteiger partial charge on any atom is 0.150 e. The maximum atomic E-state index is 13.1. The zero-order chi connectivity index (χ0) is 19.4. The lowest BCUT2D eigenvalue weighted by atomic mass is 9.60. The molecule has 2 aromatic carbocycles. The fourth-order valence-electron chi connectivity index (χ4n) is 5.67. The van der Waals surface area contributed by atoms with Crippen molar-refractivity contribution in [3.05, 3.63) is 65.7 Å². The molecule has 2 unspecified atom stereocenters. The van der Waals surface area contributed by atoms with E-state index in [0.717, 1.165) is 38.3 Å². The fourth-order valence-corrected chi connectivity index (χ4v) is 5.67. The molecule has 4 heteroatoms. The molecule has 4 aliphatic heterocycles. The van der Waals surface area contributed by atoms with Crippen LogP contribution in [0.25, 0.3) is 0 Å². The molecule has 2 atom stereocenters. The number of hydrogen-bond acceptors (Lipinski definition) is 4. The van der Waals surface area contributed by atoms with Crippen molar-refractivity contribution >= 4 is 5.78 Å². The summed E-state index contributed by atoms with van der Waals surface area (Å²) in [5.74, 6) is 1.40. The highest BCUT2D eigenvalue weighted by Crippen LogP contribution is 2.53. The molecule has 0 aliphatic carbocycles. The molecule has 0 amide bonds. The van der Waals surface area contributed by atoms with Crippen molar-refractivity contribution in [2.24, 2.45) is 10.8 Å². The van der Waals surface area contributed by atoms with Crippen LogP contribution in [0.5, 0.6) is 5.75 Å². The van der Waals surface area contributed by atoms with Gasteiger partial charge in [-0.2, -0.15) is 0 Å². The molecule has 2 aromatic rings. The van der Waals surface area contributed by atoms with Gasteiger partial charge in [-0.1, -0.05) is 56.3 Å². The van der Waals surface area contributed by atoms with Crippen LogP contribution in [0.2, 0.25) is 0 Å². The Bertz CT molecular complexity index is 861. The second-order valence-corrected chi connectivity index (χ2v) is 9.05. The Hall–Kier alpha value is -2.17. The second-order valence-electron chi connectivity index (χ2n) is 9.05. The van der Waals surface area contributed by atoms with Gasteiger partial charge in [0.15, 0.2) is 0 Å². The van der Waals surface area contributed by atoms with Crippen LogP contribution in [-0.2, 0) is 11.4 Å². The van der Waals surface area contributed by atoms with Crippen LogP contribution in [0.1, 0.15) is 37.6 Å². The van der Waals surface area contributed by atoms with Crippen LogP contribution in [-0.4, -0.2) is 41.8 Å². The lowest BCUT2D eigenvalue weighted by molar-refractivity contribution is -0.200. The van der Waals surface area contributed by atoms with Crippen molar-refractivity contribution in [2.45, 2.75) is 33.0 Å². The first kappa shape index (κ1) is 17.9. The first-order chi connectivity index (χ1) is 13.5. The molecule has 146 valence electrons. The molecule has 28 heavy (non-hydrogen) atoms. The molecular formula is C24H28N2O2. The summed E-state index contributed by atoms with van der Waals surface area (Å²) < 4.78 is 5.94. The minimum atomic E-state index is -0.207. The molecule has 4 fully saturated rings. The summed E-state index contributed by atoms with van der Waals surface area (Å²) in [6.07, 6.45) is 1.22. The Balaban J connectivity index is 1.33. The number of hydrogen-bond donors (Lipinski definition) is 0. The number of rotatable bonds is 5. The van der Waals surface area contributed by atoms with Gasteiger partial charge >= 0.3 is 0 Å². The minimum absolute atomic E-state index is 0.166. The van der Waals surface area contributed by atoms with Gasteiger partial charge in [0.25, 0.3) is 0 Å². The summed E-state index contributed by atoms with van der Waals surface area (Å²) in [6, 6.07) is 18.8. The van der Waals surface area contributed by atoms with E-state index in [1.165, 1.54) is 11.1 Å². The first-order valence-electron chi connectivity index (χ1n) is 10.3. The third kappa shape index (κ3) is 2.70. The summed E-state index contributed by atoms with van der Waals surface area (Å²) in [6.45, 7) is 8.46. The molecule has 4 bridgehead atoms. The van der Waals surface area contributed by atoms with Crippen LogP contribution >= 0.6 is 0 Å². The normalized spacial score (nSPS) is 35.9. The molecule has 0 N–H and O–H groups in total. The van der Waals surface area contributed by atoms with E-state index in [2.05, 4.69) is 60.0 Å². The van der Waals surface area contributed by atoms with Crippen LogP contribution < -0.4 is 4.74 Å². The van der Waals surface area contributed by atoms with Gasteiger partial charge in [0, 0.05) is 26.2 Å².